The summed E-state index contributed by atoms with van der Waals surface area (Å²) in [6, 6.07) is 8.59. The Morgan fingerprint density at radius 2 is 2.05 bits per heavy atom. The number of aryl methyl sites for hydroxylation is 1. The number of rotatable bonds is 2. The average Bonchev–Trinajstić information content (AvgIpc) is 2.40. The van der Waals surface area contributed by atoms with E-state index in [2.05, 4.69) is 31.2 Å². The third-order valence-corrected chi connectivity index (χ3v) is 3.65. The van der Waals surface area contributed by atoms with Crippen molar-refractivity contribution in [1.82, 2.24) is 4.90 Å². The number of carbonyl (C=O) groups excluding carboxylic acids is 1. The predicted molar refractivity (Wildman–Crippen MR) is 74.9 cm³/mol. The molecule has 1 aliphatic heterocycles. The smallest absolute Gasteiger partial charge is 0.409 e. The largest absolute Gasteiger partial charge is 0.453 e. The number of hydrogen-bond acceptors (Lipinski definition) is 3. The molecular formula is C15H22N2O2. The Balaban J connectivity index is 1.99. The lowest BCUT2D eigenvalue weighted by molar-refractivity contribution is 0.0962. The second kappa shape index (κ2) is 6.06. The van der Waals surface area contributed by atoms with Gasteiger partial charge in [-0.1, -0.05) is 29.8 Å². The van der Waals surface area contributed by atoms with Crippen LogP contribution in [0.15, 0.2) is 24.3 Å². The first kappa shape index (κ1) is 13.9. The number of piperidine rings is 1. The molecule has 2 N–H and O–H groups in total. The lowest BCUT2D eigenvalue weighted by Crippen LogP contribution is -2.49. The van der Waals surface area contributed by atoms with Gasteiger partial charge < -0.3 is 15.4 Å². The van der Waals surface area contributed by atoms with Crippen molar-refractivity contribution in [3.63, 3.8) is 0 Å². The zero-order valence-corrected chi connectivity index (χ0v) is 11.6. The summed E-state index contributed by atoms with van der Waals surface area (Å²) in [7, 11) is 1.41. The maximum atomic E-state index is 11.6. The highest BCUT2D eigenvalue weighted by Gasteiger charge is 2.28. The molecule has 1 amide bonds. The van der Waals surface area contributed by atoms with Crippen molar-refractivity contribution in [2.24, 2.45) is 11.7 Å². The number of hydrogen-bond donors (Lipinski definition) is 1. The normalized spacial score (nSPS) is 23.2. The molecule has 0 spiro atoms. The molecule has 0 radical (unpaired) electrons. The number of nitrogens with two attached hydrogens (primary N) is 1. The van der Waals surface area contributed by atoms with Crippen molar-refractivity contribution in [3.8, 4) is 0 Å². The number of ether oxygens (including phenoxy) is 1. The summed E-state index contributed by atoms with van der Waals surface area (Å²) in [5, 5.41) is 0. The van der Waals surface area contributed by atoms with E-state index in [1.54, 1.807) is 4.90 Å². The van der Waals surface area contributed by atoms with Gasteiger partial charge in [-0.2, -0.15) is 0 Å². The highest BCUT2D eigenvalue weighted by Crippen LogP contribution is 2.21. The van der Waals surface area contributed by atoms with Crippen LogP contribution >= 0.6 is 0 Å². The Hall–Kier alpha value is -1.55. The van der Waals surface area contributed by atoms with Gasteiger partial charge >= 0.3 is 6.09 Å². The van der Waals surface area contributed by atoms with Crippen LogP contribution in [-0.4, -0.2) is 37.2 Å². The maximum Gasteiger partial charge on any atom is 0.409 e. The SMILES string of the molecule is COC(=O)N1CC(N)CC(Cc2ccc(C)cc2)C1. The Morgan fingerprint density at radius 1 is 1.37 bits per heavy atom. The van der Waals surface area contributed by atoms with Crippen molar-refractivity contribution < 1.29 is 9.53 Å². The maximum absolute atomic E-state index is 11.6. The van der Waals surface area contributed by atoms with Crippen LogP contribution in [0.1, 0.15) is 17.5 Å². The quantitative estimate of drug-likeness (QED) is 0.886. The highest BCUT2D eigenvalue weighted by atomic mass is 16.5. The molecule has 1 aliphatic rings. The number of amides is 1. The molecule has 2 unspecified atom stereocenters. The number of benzene rings is 1. The molecule has 0 aliphatic carbocycles. The van der Waals surface area contributed by atoms with E-state index in [1.165, 1.54) is 18.2 Å². The van der Waals surface area contributed by atoms with E-state index in [-0.39, 0.29) is 12.1 Å². The monoisotopic (exact) mass is 262 g/mol. The van der Waals surface area contributed by atoms with E-state index in [0.29, 0.717) is 12.5 Å². The fourth-order valence-corrected chi connectivity index (χ4v) is 2.73. The van der Waals surface area contributed by atoms with Crippen LogP contribution in [0.5, 0.6) is 0 Å². The van der Waals surface area contributed by atoms with E-state index in [4.69, 9.17) is 10.5 Å². The molecule has 19 heavy (non-hydrogen) atoms. The molecule has 0 aromatic heterocycles. The molecule has 1 saturated heterocycles. The Bertz CT molecular complexity index is 430. The van der Waals surface area contributed by atoms with Crippen molar-refractivity contribution in [3.05, 3.63) is 35.4 Å². The van der Waals surface area contributed by atoms with E-state index < -0.39 is 0 Å². The van der Waals surface area contributed by atoms with Gasteiger partial charge in [0.2, 0.25) is 0 Å². The molecule has 2 rings (SSSR count). The zero-order chi connectivity index (χ0) is 13.8. The molecule has 0 saturated carbocycles. The minimum atomic E-state index is -0.274. The number of carbonyl (C=O) groups is 1. The Labute approximate surface area is 114 Å². The summed E-state index contributed by atoms with van der Waals surface area (Å²) in [6.07, 6.45) is 1.65. The van der Waals surface area contributed by atoms with Gasteiger partial charge in [0.25, 0.3) is 0 Å². The first-order chi connectivity index (χ1) is 9.08. The van der Waals surface area contributed by atoms with E-state index in [9.17, 15) is 4.79 Å². The van der Waals surface area contributed by atoms with E-state index in [0.717, 1.165) is 19.4 Å². The summed E-state index contributed by atoms with van der Waals surface area (Å²) in [6.45, 7) is 3.41. The molecule has 2 atom stereocenters. The Morgan fingerprint density at radius 3 is 2.68 bits per heavy atom. The molecular weight excluding hydrogens is 240 g/mol. The third kappa shape index (κ3) is 3.70. The second-order valence-corrected chi connectivity index (χ2v) is 5.43. The van der Waals surface area contributed by atoms with Crippen LogP contribution in [0, 0.1) is 12.8 Å². The molecule has 4 nitrogen and oxygen atoms in total. The fourth-order valence-electron chi connectivity index (χ4n) is 2.73. The van der Waals surface area contributed by atoms with Crippen molar-refractivity contribution in [1.29, 1.82) is 0 Å². The first-order valence-corrected chi connectivity index (χ1v) is 6.72. The van der Waals surface area contributed by atoms with Gasteiger partial charge in [-0.15, -0.1) is 0 Å². The third-order valence-electron chi connectivity index (χ3n) is 3.65. The van der Waals surface area contributed by atoms with E-state index in [1.807, 2.05) is 0 Å². The highest BCUT2D eigenvalue weighted by molar-refractivity contribution is 5.67. The number of methoxy groups -OCH3 is 1. The topological polar surface area (TPSA) is 55.6 Å². The van der Waals surface area contributed by atoms with Gasteiger partial charge in [-0.3, -0.25) is 0 Å². The summed E-state index contributed by atoms with van der Waals surface area (Å²) in [5.74, 6) is 0.408. The molecule has 1 aromatic rings. The van der Waals surface area contributed by atoms with Gasteiger partial charge in [0.15, 0.2) is 0 Å². The van der Waals surface area contributed by atoms with Gasteiger partial charge in [-0.25, -0.2) is 4.79 Å². The molecule has 1 heterocycles. The van der Waals surface area contributed by atoms with Crippen molar-refractivity contribution >= 4 is 6.09 Å². The van der Waals surface area contributed by atoms with E-state index >= 15 is 0 Å². The second-order valence-electron chi connectivity index (χ2n) is 5.43. The van der Waals surface area contributed by atoms with Gasteiger partial charge in [0, 0.05) is 19.1 Å². The van der Waals surface area contributed by atoms with Crippen molar-refractivity contribution in [2.45, 2.75) is 25.8 Å². The van der Waals surface area contributed by atoms with Crippen LogP contribution in [0.4, 0.5) is 4.79 Å². The summed E-state index contributed by atoms with van der Waals surface area (Å²) >= 11 is 0. The minimum Gasteiger partial charge on any atom is -0.453 e. The van der Waals surface area contributed by atoms with Crippen LogP contribution in [0.25, 0.3) is 0 Å². The minimum absolute atomic E-state index is 0.0447. The Kier molecular flexibility index (Phi) is 4.43. The predicted octanol–water partition coefficient (Wildman–Crippen LogP) is 1.95. The van der Waals surface area contributed by atoms with Gasteiger partial charge in [-0.05, 0) is 31.2 Å². The summed E-state index contributed by atoms with van der Waals surface area (Å²) in [5.41, 5.74) is 8.60. The van der Waals surface area contributed by atoms with Crippen molar-refractivity contribution in [2.75, 3.05) is 20.2 Å². The van der Waals surface area contributed by atoms with Crippen LogP contribution in [0.2, 0.25) is 0 Å². The number of nitrogens with zero attached hydrogens (tertiary/aromatic N) is 1. The zero-order valence-electron chi connectivity index (χ0n) is 11.6. The molecule has 0 bridgehead atoms. The first-order valence-electron chi connectivity index (χ1n) is 6.72. The van der Waals surface area contributed by atoms with Gasteiger partial charge in [0.1, 0.15) is 0 Å². The lowest BCUT2D eigenvalue weighted by atomic mass is 9.89. The lowest BCUT2D eigenvalue weighted by Gasteiger charge is -2.35. The number of likely N-dealkylation sites (tertiary alicyclic amines) is 1. The fraction of sp³-hybridized carbons (Fsp3) is 0.533. The molecule has 104 valence electrons. The average molecular weight is 262 g/mol. The standard InChI is InChI=1S/C15H22N2O2/c1-11-3-5-12(6-4-11)7-13-8-14(16)10-17(9-13)15(18)19-2/h3-6,13-14H,7-10,16H2,1-2H3. The van der Waals surface area contributed by atoms with Crippen LogP contribution in [-0.2, 0) is 11.2 Å². The summed E-state index contributed by atoms with van der Waals surface area (Å²) < 4.78 is 4.78. The van der Waals surface area contributed by atoms with Crippen LogP contribution < -0.4 is 5.73 Å². The molecule has 4 heteroatoms. The van der Waals surface area contributed by atoms with Crippen LogP contribution in [0.3, 0.4) is 0 Å². The molecule has 1 fully saturated rings. The summed E-state index contributed by atoms with van der Waals surface area (Å²) in [4.78, 5) is 13.3. The van der Waals surface area contributed by atoms with Gasteiger partial charge in [0.05, 0.1) is 7.11 Å². The molecule has 1 aromatic carbocycles.